The Hall–Kier alpha value is -2.21. The van der Waals surface area contributed by atoms with Gasteiger partial charge in [-0.05, 0) is 12.0 Å². The lowest BCUT2D eigenvalue weighted by molar-refractivity contribution is -0.146. The number of esters is 1. The van der Waals surface area contributed by atoms with E-state index in [-0.39, 0.29) is 38.1 Å². The van der Waals surface area contributed by atoms with E-state index in [0.717, 1.165) is 5.56 Å². The van der Waals surface area contributed by atoms with Gasteiger partial charge in [-0.3, -0.25) is 14.4 Å². The van der Waals surface area contributed by atoms with Gasteiger partial charge in [0.1, 0.15) is 12.4 Å². The predicted molar refractivity (Wildman–Crippen MR) is 76.9 cm³/mol. The highest BCUT2D eigenvalue weighted by Gasteiger charge is 2.16. The van der Waals surface area contributed by atoms with E-state index < -0.39 is 17.9 Å². The first-order valence-electron chi connectivity index (χ1n) is 6.75. The van der Waals surface area contributed by atoms with Gasteiger partial charge in [-0.15, -0.1) is 0 Å². The molecule has 0 aromatic heterocycles. The van der Waals surface area contributed by atoms with Crippen LogP contribution in [0.2, 0.25) is 0 Å². The van der Waals surface area contributed by atoms with E-state index in [4.69, 9.17) is 16.2 Å². The van der Waals surface area contributed by atoms with Crippen molar-refractivity contribution in [1.82, 2.24) is 0 Å². The van der Waals surface area contributed by atoms with E-state index in [1.807, 2.05) is 30.3 Å². The lowest BCUT2D eigenvalue weighted by Crippen LogP contribution is -2.32. The average Bonchev–Trinajstić information content (AvgIpc) is 2.49. The minimum atomic E-state index is -0.764. The molecule has 0 saturated carbocycles. The molecule has 1 aromatic carbocycles. The maximum absolute atomic E-state index is 11.6. The maximum atomic E-state index is 11.6. The van der Waals surface area contributed by atoms with E-state index in [0.29, 0.717) is 0 Å². The smallest absolute Gasteiger partial charge is 0.306 e. The van der Waals surface area contributed by atoms with Gasteiger partial charge in [-0.1, -0.05) is 30.3 Å². The van der Waals surface area contributed by atoms with Crippen molar-refractivity contribution in [1.29, 1.82) is 0 Å². The number of primary amides is 1. The molecule has 1 atom stereocenters. The normalized spacial score (nSPS) is 11.7. The fourth-order valence-electron chi connectivity index (χ4n) is 1.68. The van der Waals surface area contributed by atoms with Crippen molar-refractivity contribution in [3.63, 3.8) is 0 Å². The molecule has 21 heavy (non-hydrogen) atoms. The molecule has 0 bridgehead atoms. The zero-order valence-electron chi connectivity index (χ0n) is 11.8. The van der Waals surface area contributed by atoms with Gasteiger partial charge in [-0.25, -0.2) is 0 Å². The summed E-state index contributed by atoms with van der Waals surface area (Å²) in [5, 5.41) is 0. The molecule has 6 heteroatoms. The Morgan fingerprint density at radius 2 is 1.71 bits per heavy atom. The van der Waals surface area contributed by atoms with Crippen molar-refractivity contribution in [2.75, 3.05) is 0 Å². The standard InChI is InChI=1S/C15H20N2O4/c16-12(6-8-14(17)19)13(18)7-9-15(20)21-10-11-4-2-1-3-5-11/h1-5,12H,6-10,16H2,(H2,17,19)/t12-/m1/s1. The van der Waals surface area contributed by atoms with Crippen LogP contribution in [-0.4, -0.2) is 23.7 Å². The molecular formula is C15H20N2O4. The number of hydrogen-bond acceptors (Lipinski definition) is 5. The molecule has 0 unspecified atom stereocenters. The fraction of sp³-hybridized carbons (Fsp3) is 0.400. The summed E-state index contributed by atoms with van der Waals surface area (Å²) in [6.45, 7) is 0.182. The van der Waals surface area contributed by atoms with Gasteiger partial charge in [0.25, 0.3) is 0 Å². The number of rotatable bonds is 9. The van der Waals surface area contributed by atoms with Crippen LogP contribution in [-0.2, 0) is 25.7 Å². The molecular weight excluding hydrogens is 272 g/mol. The van der Waals surface area contributed by atoms with Gasteiger partial charge in [0.15, 0.2) is 0 Å². The molecule has 0 aliphatic heterocycles. The molecule has 0 saturated heterocycles. The zero-order chi connectivity index (χ0) is 15.7. The number of amides is 1. The molecule has 0 radical (unpaired) electrons. The molecule has 1 amide bonds. The largest absolute Gasteiger partial charge is 0.461 e. The molecule has 1 aromatic rings. The lowest BCUT2D eigenvalue weighted by Gasteiger charge is -2.09. The predicted octanol–water partition coefficient (Wildman–Crippen LogP) is 0.672. The highest BCUT2D eigenvalue weighted by atomic mass is 16.5. The molecule has 0 heterocycles. The molecule has 4 N–H and O–H groups in total. The van der Waals surface area contributed by atoms with Crippen LogP contribution in [0.4, 0.5) is 0 Å². The van der Waals surface area contributed by atoms with Crippen LogP contribution in [0.1, 0.15) is 31.2 Å². The van der Waals surface area contributed by atoms with Crippen molar-refractivity contribution in [2.45, 2.75) is 38.3 Å². The minimum absolute atomic E-state index is 0.00749. The summed E-state index contributed by atoms with van der Waals surface area (Å²) in [6, 6.07) is 8.50. The number of carbonyl (C=O) groups is 3. The Morgan fingerprint density at radius 1 is 1.05 bits per heavy atom. The highest BCUT2D eigenvalue weighted by molar-refractivity contribution is 5.87. The molecule has 6 nitrogen and oxygen atoms in total. The quantitative estimate of drug-likeness (QED) is 0.650. The maximum Gasteiger partial charge on any atom is 0.306 e. The number of nitrogens with two attached hydrogens (primary N) is 2. The van der Waals surface area contributed by atoms with Crippen LogP contribution in [0, 0.1) is 0 Å². The van der Waals surface area contributed by atoms with Crippen LogP contribution in [0.15, 0.2) is 30.3 Å². The van der Waals surface area contributed by atoms with Crippen LogP contribution in [0.25, 0.3) is 0 Å². The second-order valence-electron chi connectivity index (χ2n) is 4.72. The first-order valence-corrected chi connectivity index (χ1v) is 6.75. The van der Waals surface area contributed by atoms with Gasteiger partial charge in [0.2, 0.25) is 5.91 Å². The second kappa shape index (κ2) is 8.86. The fourth-order valence-corrected chi connectivity index (χ4v) is 1.68. The SMILES string of the molecule is NC(=O)CC[C@@H](N)C(=O)CCC(=O)OCc1ccccc1. The van der Waals surface area contributed by atoms with Crippen molar-refractivity contribution < 1.29 is 19.1 Å². The van der Waals surface area contributed by atoms with Crippen LogP contribution in [0.5, 0.6) is 0 Å². The highest BCUT2D eigenvalue weighted by Crippen LogP contribution is 2.05. The Bertz CT molecular complexity index is 488. The van der Waals surface area contributed by atoms with Crippen molar-refractivity contribution >= 4 is 17.7 Å². The topological polar surface area (TPSA) is 112 Å². The van der Waals surface area contributed by atoms with Gasteiger partial charge >= 0.3 is 5.97 Å². The zero-order valence-corrected chi connectivity index (χ0v) is 11.8. The van der Waals surface area contributed by atoms with Crippen LogP contribution < -0.4 is 11.5 Å². The third kappa shape index (κ3) is 7.22. The van der Waals surface area contributed by atoms with Crippen molar-refractivity contribution in [3.8, 4) is 0 Å². The molecule has 0 aliphatic carbocycles. The van der Waals surface area contributed by atoms with Crippen LogP contribution in [0.3, 0.4) is 0 Å². The van der Waals surface area contributed by atoms with E-state index >= 15 is 0 Å². The minimum Gasteiger partial charge on any atom is -0.461 e. The molecule has 0 fully saturated rings. The third-order valence-electron chi connectivity index (χ3n) is 2.93. The third-order valence-corrected chi connectivity index (χ3v) is 2.93. The first-order chi connectivity index (χ1) is 9.99. The van der Waals surface area contributed by atoms with Crippen molar-refractivity contribution in [2.24, 2.45) is 11.5 Å². The first kappa shape index (κ1) is 16.8. The Kier molecular flexibility index (Phi) is 7.11. The van der Waals surface area contributed by atoms with Crippen molar-refractivity contribution in [3.05, 3.63) is 35.9 Å². The summed E-state index contributed by atoms with van der Waals surface area (Å²) >= 11 is 0. The Balaban J connectivity index is 2.23. The lowest BCUT2D eigenvalue weighted by atomic mass is 10.0. The molecule has 0 aliphatic rings. The molecule has 114 valence electrons. The summed E-state index contributed by atoms with van der Waals surface area (Å²) < 4.78 is 5.05. The van der Waals surface area contributed by atoms with E-state index in [1.165, 1.54) is 0 Å². The average molecular weight is 292 g/mol. The van der Waals surface area contributed by atoms with E-state index in [9.17, 15) is 14.4 Å². The van der Waals surface area contributed by atoms with E-state index in [2.05, 4.69) is 0 Å². The Morgan fingerprint density at radius 3 is 2.33 bits per heavy atom. The molecule has 0 spiro atoms. The number of ketones is 1. The van der Waals surface area contributed by atoms with Gasteiger partial charge in [-0.2, -0.15) is 0 Å². The number of Topliss-reactive ketones (excluding diaryl/α,β-unsaturated/α-hetero) is 1. The number of carbonyl (C=O) groups excluding carboxylic acids is 3. The Labute approximate surface area is 123 Å². The summed E-state index contributed by atoms with van der Waals surface area (Å²) in [5.74, 6) is -1.22. The summed E-state index contributed by atoms with van der Waals surface area (Å²) in [4.78, 5) is 33.8. The number of hydrogen-bond donors (Lipinski definition) is 2. The second-order valence-corrected chi connectivity index (χ2v) is 4.72. The van der Waals surface area contributed by atoms with E-state index in [1.54, 1.807) is 0 Å². The number of ether oxygens (including phenoxy) is 1. The summed E-state index contributed by atoms with van der Waals surface area (Å²) in [5.41, 5.74) is 11.5. The summed E-state index contributed by atoms with van der Waals surface area (Å²) in [7, 11) is 0. The van der Waals surface area contributed by atoms with Gasteiger partial charge in [0.05, 0.1) is 12.5 Å². The van der Waals surface area contributed by atoms with Gasteiger partial charge in [0, 0.05) is 12.8 Å². The monoisotopic (exact) mass is 292 g/mol. The van der Waals surface area contributed by atoms with Crippen LogP contribution >= 0.6 is 0 Å². The van der Waals surface area contributed by atoms with Gasteiger partial charge < -0.3 is 16.2 Å². The summed E-state index contributed by atoms with van der Waals surface area (Å²) in [6.07, 6.45) is 0.252. The number of benzene rings is 1. The molecule has 1 rings (SSSR count).